The zero-order chi connectivity index (χ0) is 12.5. The Balaban J connectivity index is 1.96. The summed E-state index contributed by atoms with van der Waals surface area (Å²) >= 11 is 1.51. The predicted molar refractivity (Wildman–Crippen MR) is 69.7 cm³/mol. The summed E-state index contributed by atoms with van der Waals surface area (Å²) in [7, 11) is 2.18. The molecule has 3 N–H and O–H groups in total. The summed E-state index contributed by atoms with van der Waals surface area (Å²) in [4.78, 5) is 4.82. The molecule has 0 bridgehead atoms. The van der Waals surface area contributed by atoms with E-state index in [1.54, 1.807) is 0 Å². The van der Waals surface area contributed by atoms with Crippen molar-refractivity contribution in [3.05, 3.63) is 5.01 Å². The first-order chi connectivity index (χ1) is 8.01. The highest BCUT2D eigenvalue weighted by Gasteiger charge is 2.31. The van der Waals surface area contributed by atoms with Gasteiger partial charge in [0.2, 0.25) is 5.13 Å². The van der Waals surface area contributed by atoms with Crippen LogP contribution in [0.2, 0.25) is 0 Å². The first kappa shape index (κ1) is 12.7. The number of nitrogens with one attached hydrogen (secondary N) is 1. The highest BCUT2D eigenvalue weighted by Crippen LogP contribution is 2.22. The topological polar surface area (TPSA) is 70.3 Å². The zero-order valence-electron chi connectivity index (χ0n) is 10.6. The molecule has 0 saturated carbocycles. The maximum atomic E-state index is 5.30. The quantitative estimate of drug-likeness (QED) is 0.601. The van der Waals surface area contributed by atoms with E-state index in [1.807, 2.05) is 0 Å². The lowest BCUT2D eigenvalue weighted by Crippen LogP contribution is -2.57. The standard InChI is InChI=1S/C10H20N6S/c1-10(2)7-16(5-4-15(10)3)6-8-13-14-9(12-11)17-8/h4-7,11H2,1-3H3,(H,12,14). The van der Waals surface area contributed by atoms with E-state index in [-0.39, 0.29) is 5.54 Å². The van der Waals surface area contributed by atoms with Crippen molar-refractivity contribution in [1.82, 2.24) is 20.0 Å². The van der Waals surface area contributed by atoms with E-state index in [0.717, 1.165) is 31.2 Å². The van der Waals surface area contributed by atoms with E-state index >= 15 is 0 Å². The van der Waals surface area contributed by atoms with Crippen LogP contribution in [-0.4, -0.2) is 52.2 Å². The van der Waals surface area contributed by atoms with Crippen LogP contribution in [0.1, 0.15) is 18.9 Å². The van der Waals surface area contributed by atoms with E-state index in [1.165, 1.54) is 11.3 Å². The van der Waals surface area contributed by atoms with Crippen molar-refractivity contribution in [3.63, 3.8) is 0 Å². The Morgan fingerprint density at radius 1 is 1.41 bits per heavy atom. The lowest BCUT2D eigenvalue weighted by molar-refractivity contribution is 0.0359. The van der Waals surface area contributed by atoms with Gasteiger partial charge in [-0.3, -0.25) is 15.2 Å². The van der Waals surface area contributed by atoms with Gasteiger partial charge < -0.3 is 0 Å². The Kier molecular flexibility index (Phi) is 3.62. The van der Waals surface area contributed by atoms with Crippen molar-refractivity contribution in [2.45, 2.75) is 25.9 Å². The predicted octanol–water partition coefficient (Wildman–Crippen LogP) is 0.350. The molecule has 0 radical (unpaired) electrons. The maximum Gasteiger partial charge on any atom is 0.219 e. The second-order valence-electron chi connectivity index (χ2n) is 5.09. The summed E-state index contributed by atoms with van der Waals surface area (Å²) in [5.74, 6) is 5.30. The number of hydrazine groups is 1. The molecule has 0 aliphatic carbocycles. The highest BCUT2D eigenvalue weighted by atomic mass is 32.1. The number of hydrogen-bond donors (Lipinski definition) is 2. The van der Waals surface area contributed by atoms with E-state index in [2.05, 4.69) is 46.3 Å². The number of nitrogen functional groups attached to an aromatic ring is 1. The molecule has 1 saturated heterocycles. The molecule has 1 aromatic heterocycles. The van der Waals surface area contributed by atoms with Gasteiger partial charge >= 0.3 is 0 Å². The van der Waals surface area contributed by atoms with E-state index in [4.69, 9.17) is 5.84 Å². The Hall–Kier alpha value is -0.760. The van der Waals surface area contributed by atoms with Crippen molar-refractivity contribution < 1.29 is 0 Å². The van der Waals surface area contributed by atoms with Crippen LogP contribution in [0.4, 0.5) is 5.13 Å². The molecule has 0 amide bonds. The molecule has 0 atom stereocenters. The molecule has 1 aliphatic rings. The molecule has 2 heterocycles. The van der Waals surface area contributed by atoms with Crippen LogP contribution in [0.3, 0.4) is 0 Å². The van der Waals surface area contributed by atoms with Gasteiger partial charge in [-0.1, -0.05) is 11.3 Å². The van der Waals surface area contributed by atoms with E-state index in [0.29, 0.717) is 5.13 Å². The van der Waals surface area contributed by atoms with Crippen LogP contribution >= 0.6 is 11.3 Å². The average molecular weight is 256 g/mol. The highest BCUT2D eigenvalue weighted by molar-refractivity contribution is 7.15. The van der Waals surface area contributed by atoms with Crippen molar-refractivity contribution in [2.75, 3.05) is 32.1 Å². The summed E-state index contributed by atoms with van der Waals surface area (Å²) in [6, 6.07) is 0. The SMILES string of the molecule is CN1CCN(Cc2nnc(NN)s2)CC1(C)C. The molecule has 1 fully saturated rings. The van der Waals surface area contributed by atoms with E-state index < -0.39 is 0 Å². The van der Waals surface area contributed by atoms with Crippen LogP contribution in [0, 0.1) is 0 Å². The first-order valence-electron chi connectivity index (χ1n) is 5.74. The molecule has 1 aromatic rings. The summed E-state index contributed by atoms with van der Waals surface area (Å²) < 4.78 is 0. The largest absolute Gasteiger partial charge is 0.299 e. The van der Waals surface area contributed by atoms with Crippen LogP contribution in [0.5, 0.6) is 0 Å². The van der Waals surface area contributed by atoms with Crippen molar-refractivity contribution in [2.24, 2.45) is 5.84 Å². The minimum atomic E-state index is 0.220. The summed E-state index contributed by atoms with van der Waals surface area (Å²) in [5.41, 5.74) is 2.75. The smallest absolute Gasteiger partial charge is 0.219 e. The zero-order valence-corrected chi connectivity index (χ0v) is 11.4. The number of nitrogens with two attached hydrogens (primary N) is 1. The average Bonchev–Trinajstić information content (AvgIpc) is 2.71. The number of hydrogen-bond acceptors (Lipinski definition) is 7. The minimum absolute atomic E-state index is 0.220. The van der Waals surface area contributed by atoms with Crippen molar-refractivity contribution in [1.29, 1.82) is 0 Å². The van der Waals surface area contributed by atoms with Gasteiger partial charge in [0.15, 0.2) is 0 Å². The molecule has 2 rings (SSSR count). The van der Waals surface area contributed by atoms with Crippen LogP contribution in [0.15, 0.2) is 0 Å². The molecule has 1 aliphatic heterocycles. The van der Waals surface area contributed by atoms with E-state index in [9.17, 15) is 0 Å². The Bertz CT molecular complexity index is 377. The Morgan fingerprint density at radius 3 is 2.76 bits per heavy atom. The lowest BCUT2D eigenvalue weighted by atomic mass is 10.00. The maximum absolute atomic E-state index is 5.30. The van der Waals surface area contributed by atoms with Gasteiger partial charge in [-0.15, -0.1) is 10.2 Å². The molecule has 7 heteroatoms. The normalized spacial score (nSPS) is 21.6. The number of piperazine rings is 1. The summed E-state index contributed by atoms with van der Waals surface area (Å²) in [5, 5.41) is 9.75. The Morgan fingerprint density at radius 2 is 2.18 bits per heavy atom. The van der Waals surface area contributed by atoms with Crippen LogP contribution in [0.25, 0.3) is 0 Å². The van der Waals surface area contributed by atoms with Gasteiger partial charge in [0, 0.05) is 25.2 Å². The number of anilines is 1. The molecule has 96 valence electrons. The van der Waals surface area contributed by atoms with Gasteiger partial charge in [0.05, 0.1) is 6.54 Å². The lowest BCUT2D eigenvalue weighted by Gasteiger charge is -2.45. The fourth-order valence-electron chi connectivity index (χ4n) is 2.04. The van der Waals surface area contributed by atoms with Gasteiger partial charge in [-0.2, -0.15) is 0 Å². The fourth-order valence-corrected chi connectivity index (χ4v) is 2.74. The number of nitrogens with zero attached hydrogens (tertiary/aromatic N) is 4. The second-order valence-corrected chi connectivity index (χ2v) is 6.15. The van der Waals surface area contributed by atoms with Crippen LogP contribution in [-0.2, 0) is 6.54 Å². The summed E-state index contributed by atoms with van der Waals surface area (Å²) in [6.07, 6.45) is 0. The second kappa shape index (κ2) is 4.85. The summed E-state index contributed by atoms with van der Waals surface area (Å²) in [6.45, 7) is 8.61. The molecule has 0 spiro atoms. The van der Waals surface area contributed by atoms with Crippen molar-refractivity contribution >= 4 is 16.5 Å². The third kappa shape index (κ3) is 2.92. The van der Waals surface area contributed by atoms with Crippen LogP contribution < -0.4 is 11.3 Å². The first-order valence-corrected chi connectivity index (χ1v) is 6.55. The number of likely N-dealkylation sites (N-methyl/N-ethyl adjacent to an activating group) is 1. The third-order valence-corrected chi connectivity index (χ3v) is 4.18. The molecule has 6 nitrogen and oxygen atoms in total. The molecule has 17 heavy (non-hydrogen) atoms. The van der Waals surface area contributed by atoms with Crippen molar-refractivity contribution in [3.8, 4) is 0 Å². The molecular formula is C10H20N6S. The van der Waals surface area contributed by atoms with Gasteiger partial charge in [-0.05, 0) is 20.9 Å². The fraction of sp³-hybridized carbons (Fsp3) is 0.800. The minimum Gasteiger partial charge on any atom is -0.299 e. The number of aromatic nitrogens is 2. The molecule has 0 unspecified atom stereocenters. The van der Waals surface area contributed by atoms with Gasteiger partial charge in [-0.25, -0.2) is 5.84 Å². The Labute approximate surface area is 106 Å². The molecule has 0 aromatic carbocycles. The third-order valence-electron chi connectivity index (χ3n) is 3.34. The van der Waals surface area contributed by atoms with Gasteiger partial charge in [0.1, 0.15) is 5.01 Å². The number of rotatable bonds is 3. The monoisotopic (exact) mass is 256 g/mol. The van der Waals surface area contributed by atoms with Gasteiger partial charge in [0.25, 0.3) is 0 Å². The molecular weight excluding hydrogens is 236 g/mol.